The fraction of sp³-hybridized carbons (Fsp3) is 0.235. The lowest BCUT2D eigenvalue weighted by molar-refractivity contribution is 0.325. The van der Waals surface area contributed by atoms with Crippen LogP contribution in [0.3, 0.4) is 0 Å². The van der Waals surface area contributed by atoms with Gasteiger partial charge in [-0.05, 0) is 25.1 Å². The molecular formula is C17H16N2O4S. The first-order chi connectivity index (χ1) is 11.5. The fourth-order valence-electron chi connectivity index (χ4n) is 2.91. The van der Waals surface area contributed by atoms with Gasteiger partial charge >= 0.3 is 0 Å². The third-order valence-electron chi connectivity index (χ3n) is 4.05. The number of para-hydroxylation sites is 1. The molecule has 0 amide bonds. The number of benzene rings is 2. The summed E-state index contributed by atoms with van der Waals surface area (Å²) in [7, 11) is -3.59. The van der Waals surface area contributed by atoms with Crippen LogP contribution < -0.4 is 9.46 Å². The highest BCUT2D eigenvalue weighted by Crippen LogP contribution is 2.33. The lowest BCUT2D eigenvalue weighted by Crippen LogP contribution is -2.30. The summed E-state index contributed by atoms with van der Waals surface area (Å²) in [5, 5.41) is 4.60. The van der Waals surface area contributed by atoms with E-state index in [1.807, 2.05) is 37.3 Å². The molecule has 0 spiro atoms. The van der Waals surface area contributed by atoms with Gasteiger partial charge in [0.05, 0.1) is 6.04 Å². The molecule has 0 radical (unpaired) electrons. The van der Waals surface area contributed by atoms with Crippen molar-refractivity contribution in [3.8, 4) is 5.75 Å². The smallest absolute Gasteiger partial charge is 0.218 e. The number of ether oxygens (including phenoxy) is 1. The first-order valence-corrected chi connectivity index (χ1v) is 9.24. The van der Waals surface area contributed by atoms with Crippen molar-refractivity contribution in [2.24, 2.45) is 0 Å². The minimum Gasteiger partial charge on any atom is -0.491 e. The van der Waals surface area contributed by atoms with E-state index in [0.29, 0.717) is 16.7 Å². The van der Waals surface area contributed by atoms with Gasteiger partial charge in [-0.25, -0.2) is 13.1 Å². The van der Waals surface area contributed by atoms with Crippen molar-refractivity contribution < 1.29 is 17.7 Å². The van der Waals surface area contributed by atoms with Crippen molar-refractivity contribution in [3.05, 3.63) is 59.3 Å². The van der Waals surface area contributed by atoms with Crippen molar-refractivity contribution in [3.63, 3.8) is 0 Å². The predicted molar refractivity (Wildman–Crippen MR) is 89.2 cm³/mol. The zero-order valence-electron chi connectivity index (χ0n) is 13.0. The van der Waals surface area contributed by atoms with Crippen molar-refractivity contribution in [2.75, 3.05) is 6.61 Å². The summed E-state index contributed by atoms with van der Waals surface area (Å²) in [5.41, 5.74) is 2.91. The highest BCUT2D eigenvalue weighted by atomic mass is 32.2. The van der Waals surface area contributed by atoms with Crippen molar-refractivity contribution >= 4 is 21.0 Å². The van der Waals surface area contributed by atoms with Crippen molar-refractivity contribution in [2.45, 2.75) is 18.7 Å². The lowest BCUT2D eigenvalue weighted by Gasteiger charge is -2.12. The molecule has 0 bridgehead atoms. The minimum absolute atomic E-state index is 0.234. The van der Waals surface area contributed by atoms with E-state index in [9.17, 15) is 8.42 Å². The molecule has 0 saturated heterocycles. The van der Waals surface area contributed by atoms with Gasteiger partial charge in [0.15, 0.2) is 5.58 Å². The monoisotopic (exact) mass is 344 g/mol. The van der Waals surface area contributed by atoms with Gasteiger partial charge < -0.3 is 9.26 Å². The summed E-state index contributed by atoms with van der Waals surface area (Å²) in [4.78, 5) is 0. The summed E-state index contributed by atoms with van der Waals surface area (Å²) in [6, 6.07) is 12.6. The largest absolute Gasteiger partial charge is 0.491 e. The molecule has 2 aromatic carbocycles. The third kappa shape index (κ3) is 2.76. The van der Waals surface area contributed by atoms with E-state index in [4.69, 9.17) is 9.26 Å². The molecule has 4 rings (SSSR count). The van der Waals surface area contributed by atoms with Crippen LogP contribution >= 0.6 is 0 Å². The Bertz CT molecular complexity index is 1010. The summed E-state index contributed by atoms with van der Waals surface area (Å²) in [5.74, 6) is 0.488. The van der Waals surface area contributed by atoms with Gasteiger partial charge in [-0.15, -0.1) is 0 Å². The number of aromatic nitrogens is 1. The molecule has 7 heteroatoms. The molecule has 0 fully saturated rings. The molecule has 124 valence electrons. The number of nitrogens with zero attached hydrogens (tertiary/aromatic N) is 1. The van der Waals surface area contributed by atoms with Gasteiger partial charge in [0.2, 0.25) is 10.0 Å². The first-order valence-electron chi connectivity index (χ1n) is 7.58. The second-order valence-electron chi connectivity index (χ2n) is 5.91. The van der Waals surface area contributed by atoms with Gasteiger partial charge in [-0.2, -0.15) is 0 Å². The molecule has 1 aliphatic rings. The first kappa shape index (κ1) is 15.2. The molecule has 6 nitrogen and oxygen atoms in total. The van der Waals surface area contributed by atoms with Crippen LogP contribution in [-0.4, -0.2) is 20.2 Å². The van der Waals surface area contributed by atoms with E-state index in [1.54, 1.807) is 12.1 Å². The Hall–Kier alpha value is -2.38. The average molecular weight is 344 g/mol. The molecule has 1 aliphatic heterocycles. The van der Waals surface area contributed by atoms with E-state index < -0.39 is 10.0 Å². The summed E-state index contributed by atoms with van der Waals surface area (Å²) in [6.07, 6.45) is 0. The van der Waals surface area contributed by atoms with Crippen LogP contribution in [-0.2, 0) is 15.8 Å². The van der Waals surface area contributed by atoms with Gasteiger partial charge in [-0.1, -0.05) is 35.0 Å². The summed E-state index contributed by atoms with van der Waals surface area (Å²) < 4.78 is 38.5. The zero-order valence-corrected chi connectivity index (χ0v) is 13.8. The molecule has 0 saturated carbocycles. The van der Waals surface area contributed by atoms with Gasteiger partial charge in [0, 0.05) is 10.9 Å². The van der Waals surface area contributed by atoms with Crippen LogP contribution in [0.25, 0.3) is 11.0 Å². The Morgan fingerprint density at radius 1 is 1.25 bits per heavy atom. The van der Waals surface area contributed by atoms with E-state index in [-0.39, 0.29) is 18.4 Å². The van der Waals surface area contributed by atoms with E-state index in [0.717, 1.165) is 16.9 Å². The standard InChI is InChI=1S/C17H16N2O4S/c1-11-6-7-16-13(8-11)14(9-22-16)19-24(20,21)10-15-12-4-2-3-5-17(12)23-18-15/h2-8,14,19H,9-10H2,1H3/t14-/m0/s1. The molecule has 24 heavy (non-hydrogen) atoms. The molecular weight excluding hydrogens is 328 g/mol. The Morgan fingerprint density at radius 3 is 2.96 bits per heavy atom. The van der Waals surface area contributed by atoms with Crippen LogP contribution in [0.1, 0.15) is 22.9 Å². The zero-order chi connectivity index (χ0) is 16.7. The molecule has 1 atom stereocenters. The minimum atomic E-state index is -3.59. The third-order valence-corrected chi connectivity index (χ3v) is 5.34. The van der Waals surface area contributed by atoms with Crippen LogP contribution in [0, 0.1) is 6.92 Å². The summed E-state index contributed by atoms with van der Waals surface area (Å²) in [6.45, 7) is 2.25. The fourth-order valence-corrected chi connectivity index (χ4v) is 4.19. The van der Waals surface area contributed by atoms with Gasteiger partial charge in [0.25, 0.3) is 0 Å². The lowest BCUT2D eigenvalue weighted by atomic mass is 10.1. The number of rotatable bonds is 4. The second-order valence-corrected chi connectivity index (χ2v) is 7.66. The summed E-state index contributed by atoms with van der Waals surface area (Å²) >= 11 is 0. The van der Waals surface area contributed by atoms with Crippen LogP contribution in [0.5, 0.6) is 5.75 Å². The number of hydrogen-bond acceptors (Lipinski definition) is 5. The number of sulfonamides is 1. The Balaban J connectivity index is 1.58. The highest BCUT2D eigenvalue weighted by Gasteiger charge is 2.29. The molecule has 1 N–H and O–H groups in total. The maximum atomic E-state index is 12.5. The SMILES string of the molecule is Cc1ccc2c(c1)[C@@H](NS(=O)(=O)Cc1noc3ccccc13)CO2. The molecule has 0 aliphatic carbocycles. The number of fused-ring (bicyclic) bond motifs is 2. The normalized spacial score (nSPS) is 17.0. The second kappa shape index (κ2) is 5.61. The van der Waals surface area contributed by atoms with Crippen molar-refractivity contribution in [1.82, 2.24) is 9.88 Å². The maximum absolute atomic E-state index is 12.5. The van der Waals surface area contributed by atoms with E-state index >= 15 is 0 Å². The van der Waals surface area contributed by atoms with Crippen LogP contribution in [0.2, 0.25) is 0 Å². The number of aryl methyl sites for hydroxylation is 1. The number of hydrogen-bond donors (Lipinski definition) is 1. The molecule has 3 aromatic rings. The molecule has 2 heterocycles. The number of nitrogens with one attached hydrogen (secondary N) is 1. The Morgan fingerprint density at radius 2 is 2.08 bits per heavy atom. The predicted octanol–water partition coefficient (Wildman–Crippen LogP) is 2.69. The van der Waals surface area contributed by atoms with Gasteiger partial charge in [0.1, 0.15) is 23.8 Å². The maximum Gasteiger partial charge on any atom is 0.218 e. The van der Waals surface area contributed by atoms with Crippen LogP contribution in [0.15, 0.2) is 47.0 Å². The van der Waals surface area contributed by atoms with Crippen LogP contribution in [0.4, 0.5) is 0 Å². The van der Waals surface area contributed by atoms with E-state index in [1.165, 1.54) is 0 Å². The molecule has 0 unspecified atom stereocenters. The average Bonchev–Trinajstić information content (AvgIpc) is 3.12. The van der Waals surface area contributed by atoms with Crippen molar-refractivity contribution in [1.29, 1.82) is 0 Å². The van der Waals surface area contributed by atoms with Gasteiger partial charge in [-0.3, -0.25) is 0 Å². The van der Waals surface area contributed by atoms with E-state index in [2.05, 4.69) is 9.88 Å². The Kier molecular flexibility index (Phi) is 3.54. The Labute approximate surface area is 139 Å². The molecule has 1 aromatic heterocycles. The highest BCUT2D eigenvalue weighted by molar-refractivity contribution is 7.88. The topological polar surface area (TPSA) is 81.4 Å². The quantitative estimate of drug-likeness (QED) is 0.787.